The minimum Gasteiger partial charge on any atom is -0.454 e. The van der Waals surface area contributed by atoms with Crippen molar-refractivity contribution in [1.29, 1.82) is 0 Å². The van der Waals surface area contributed by atoms with E-state index < -0.39 is 0 Å². The number of aryl methyl sites for hydroxylation is 2. The van der Waals surface area contributed by atoms with E-state index in [9.17, 15) is 4.79 Å². The van der Waals surface area contributed by atoms with Crippen LogP contribution in [0.25, 0.3) is 11.3 Å². The summed E-state index contributed by atoms with van der Waals surface area (Å²) < 4.78 is 10.8. The standard InChI is InChI=1S/C24H25N5O3/c1-16-3-5-19(13-17(16)2)25-24(30)29-11-9-28(10-12-29)23-8-6-20(26-27-23)18-4-7-21-22(14-18)32-15-31-21/h3-8,13-14H,9-12,15H2,1-2H3,(H,25,30). The Kier molecular flexibility index (Phi) is 5.26. The van der Waals surface area contributed by atoms with E-state index in [4.69, 9.17) is 9.47 Å². The highest BCUT2D eigenvalue weighted by Gasteiger charge is 2.22. The highest BCUT2D eigenvalue weighted by Crippen LogP contribution is 2.35. The summed E-state index contributed by atoms with van der Waals surface area (Å²) in [5.41, 5.74) is 4.91. The van der Waals surface area contributed by atoms with Gasteiger partial charge in [-0.3, -0.25) is 0 Å². The zero-order chi connectivity index (χ0) is 22.1. The van der Waals surface area contributed by atoms with E-state index in [1.54, 1.807) is 0 Å². The first-order chi connectivity index (χ1) is 15.6. The summed E-state index contributed by atoms with van der Waals surface area (Å²) in [4.78, 5) is 16.6. The van der Waals surface area contributed by atoms with Crippen LogP contribution in [-0.4, -0.2) is 54.1 Å². The van der Waals surface area contributed by atoms with Gasteiger partial charge < -0.3 is 24.6 Å². The van der Waals surface area contributed by atoms with Crippen molar-refractivity contribution in [3.63, 3.8) is 0 Å². The first-order valence-corrected chi connectivity index (χ1v) is 10.7. The van der Waals surface area contributed by atoms with Crippen molar-refractivity contribution in [2.45, 2.75) is 13.8 Å². The Morgan fingerprint density at radius 3 is 2.44 bits per heavy atom. The van der Waals surface area contributed by atoms with Crippen molar-refractivity contribution in [3.05, 3.63) is 59.7 Å². The summed E-state index contributed by atoms with van der Waals surface area (Å²) in [6, 6.07) is 15.6. The number of piperazine rings is 1. The molecule has 1 N–H and O–H groups in total. The number of amides is 2. The van der Waals surface area contributed by atoms with Crippen LogP contribution in [0.4, 0.5) is 16.3 Å². The molecular formula is C24H25N5O3. The van der Waals surface area contributed by atoms with Crippen molar-refractivity contribution >= 4 is 17.5 Å². The maximum Gasteiger partial charge on any atom is 0.321 e. The fourth-order valence-electron chi connectivity index (χ4n) is 3.86. The maximum absolute atomic E-state index is 12.6. The largest absolute Gasteiger partial charge is 0.454 e. The van der Waals surface area contributed by atoms with Crippen LogP contribution in [0.5, 0.6) is 11.5 Å². The Hall–Kier alpha value is -3.81. The van der Waals surface area contributed by atoms with E-state index in [2.05, 4.69) is 27.3 Å². The quantitative estimate of drug-likeness (QED) is 0.679. The number of rotatable bonds is 3. The van der Waals surface area contributed by atoms with Gasteiger partial charge in [0.05, 0.1) is 5.69 Å². The minimum absolute atomic E-state index is 0.0721. The molecule has 32 heavy (non-hydrogen) atoms. The molecular weight excluding hydrogens is 406 g/mol. The molecule has 0 atom stereocenters. The smallest absolute Gasteiger partial charge is 0.321 e. The van der Waals surface area contributed by atoms with Crippen molar-refractivity contribution in [2.75, 3.05) is 43.2 Å². The lowest BCUT2D eigenvalue weighted by atomic mass is 10.1. The fraction of sp³-hybridized carbons (Fsp3) is 0.292. The molecule has 2 amide bonds. The predicted octanol–water partition coefficient (Wildman–Crippen LogP) is 3.84. The first-order valence-electron chi connectivity index (χ1n) is 10.7. The molecule has 0 unspecified atom stereocenters. The SMILES string of the molecule is Cc1ccc(NC(=O)N2CCN(c3ccc(-c4ccc5c(c4)OCO5)nn3)CC2)cc1C. The second-order valence-corrected chi connectivity index (χ2v) is 8.05. The van der Waals surface area contributed by atoms with E-state index in [1.807, 2.05) is 60.4 Å². The van der Waals surface area contributed by atoms with Crippen molar-refractivity contribution in [2.24, 2.45) is 0 Å². The first kappa shape index (κ1) is 20.1. The van der Waals surface area contributed by atoms with Gasteiger partial charge in [0.1, 0.15) is 0 Å². The lowest BCUT2D eigenvalue weighted by Crippen LogP contribution is -2.50. The third kappa shape index (κ3) is 4.03. The molecule has 5 rings (SSSR count). The van der Waals surface area contributed by atoms with Gasteiger partial charge in [-0.25, -0.2) is 4.79 Å². The number of hydrogen-bond acceptors (Lipinski definition) is 6. The average molecular weight is 431 g/mol. The van der Waals surface area contributed by atoms with Gasteiger partial charge in [-0.15, -0.1) is 10.2 Å². The Bertz CT molecular complexity index is 1140. The van der Waals surface area contributed by atoms with Gasteiger partial charge in [0, 0.05) is 37.4 Å². The van der Waals surface area contributed by atoms with E-state index in [0.717, 1.165) is 39.8 Å². The Balaban J connectivity index is 1.19. The van der Waals surface area contributed by atoms with Crippen LogP contribution < -0.4 is 19.7 Å². The number of urea groups is 1. The normalized spacial score (nSPS) is 15.1. The minimum atomic E-state index is -0.0721. The number of benzene rings is 2. The number of nitrogens with zero attached hydrogens (tertiary/aromatic N) is 4. The topological polar surface area (TPSA) is 79.8 Å². The highest BCUT2D eigenvalue weighted by molar-refractivity contribution is 5.89. The Morgan fingerprint density at radius 1 is 0.875 bits per heavy atom. The molecule has 8 heteroatoms. The Labute approximate surface area is 186 Å². The number of carbonyl (C=O) groups excluding carboxylic acids is 1. The molecule has 2 aliphatic rings. The van der Waals surface area contributed by atoms with Gasteiger partial charge in [0.2, 0.25) is 6.79 Å². The number of anilines is 2. The number of ether oxygens (including phenoxy) is 2. The van der Waals surface area contributed by atoms with Crippen LogP contribution >= 0.6 is 0 Å². The maximum atomic E-state index is 12.6. The van der Waals surface area contributed by atoms with Gasteiger partial charge >= 0.3 is 6.03 Å². The van der Waals surface area contributed by atoms with E-state index >= 15 is 0 Å². The summed E-state index contributed by atoms with van der Waals surface area (Å²) in [7, 11) is 0. The van der Waals surface area contributed by atoms with Crippen molar-refractivity contribution < 1.29 is 14.3 Å². The molecule has 0 saturated carbocycles. The monoisotopic (exact) mass is 431 g/mol. The second kappa shape index (κ2) is 8.37. The zero-order valence-electron chi connectivity index (χ0n) is 18.2. The third-order valence-electron chi connectivity index (χ3n) is 5.97. The molecule has 1 saturated heterocycles. The Morgan fingerprint density at radius 2 is 1.69 bits per heavy atom. The van der Waals surface area contributed by atoms with E-state index in [0.29, 0.717) is 26.2 Å². The number of aromatic nitrogens is 2. The number of nitrogens with one attached hydrogen (secondary N) is 1. The summed E-state index contributed by atoms with van der Waals surface area (Å²) in [5.74, 6) is 2.28. The summed E-state index contributed by atoms with van der Waals surface area (Å²) >= 11 is 0. The molecule has 1 aromatic heterocycles. The van der Waals surface area contributed by atoms with Crippen LogP contribution in [-0.2, 0) is 0 Å². The molecule has 0 bridgehead atoms. The summed E-state index contributed by atoms with van der Waals surface area (Å²) in [6.07, 6.45) is 0. The van der Waals surface area contributed by atoms with Crippen LogP contribution in [0.3, 0.4) is 0 Å². The highest BCUT2D eigenvalue weighted by atomic mass is 16.7. The van der Waals surface area contributed by atoms with E-state index in [1.165, 1.54) is 5.56 Å². The lowest BCUT2D eigenvalue weighted by Gasteiger charge is -2.35. The van der Waals surface area contributed by atoms with Gasteiger partial charge in [0.25, 0.3) is 0 Å². The van der Waals surface area contributed by atoms with Crippen LogP contribution in [0, 0.1) is 13.8 Å². The molecule has 1 fully saturated rings. The predicted molar refractivity (Wildman–Crippen MR) is 122 cm³/mol. The van der Waals surface area contributed by atoms with Crippen molar-refractivity contribution in [1.82, 2.24) is 15.1 Å². The number of fused-ring (bicyclic) bond motifs is 1. The molecule has 3 heterocycles. The van der Waals surface area contributed by atoms with Gasteiger partial charge in [-0.05, 0) is 67.4 Å². The number of hydrogen-bond donors (Lipinski definition) is 1. The molecule has 8 nitrogen and oxygen atoms in total. The number of carbonyl (C=O) groups is 1. The van der Waals surface area contributed by atoms with Crippen LogP contribution in [0.2, 0.25) is 0 Å². The molecule has 2 aromatic carbocycles. The second-order valence-electron chi connectivity index (χ2n) is 8.05. The van der Waals surface area contributed by atoms with Gasteiger partial charge in [-0.1, -0.05) is 6.07 Å². The average Bonchev–Trinajstić information content (AvgIpc) is 3.30. The van der Waals surface area contributed by atoms with Gasteiger partial charge in [-0.2, -0.15) is 0 Å². The molecule has 164 valence electrons. The van der Waals surface area contributed by atoms with Crippen LogP contribution in [0.1, 0.15) is 11.1 Å². The molecule has 0 spiro atoms. The van der Waals surface area contributed by atoms with Crippen molar-refractivity contribution in [3.8, 4) is 22.8 Å². The molecule has 2 aliphatic heterocycles. The summed E-state index contributed by atoms with van der Waals surface area (Å²) in [5, 5.41) is 11.8. The van der Waals surface area contributed by atoms with Gasteiger partial charge in [0.15, 0.2) is 17.3 Å². The summed E-state index contributed by atoms with van der Waals surface area (Å²) in [6.45, 7) is 7.02. The molecule has 3 aromatic rings. The fourth-order valence-corrected chi connectivity index (χ4v) is 3.86. The third-order valence-corrected chi connectivity index (χ3v) is 5.97. The molecule has 0 radical (unpaired) electrons. The van der Waals surface area contributed by atoms with E-state index in [-0.39, 0.29) is 12.8 Å². The zero-order valence-corrected chi connectivity index (χ0v) is 18.2. The van der Waals surface area contributed by atoms with Crippen LogP contribution in [0.15, 0.2) is 48.5 Å². The molecule has 0 aliphatic carbocycles. The lowest BCUT2D eigenvalue weighted by molar-refractivity contribution is 0.174.